The Morgan fingerprint density at radius 3 is 2.67 bits per heavy atom. The van der Waals surface area contributed by atoms with Crippen molar-refractivity contribution in [2.75, 3.05) is 0 Å². The minimum atomic E-state index is -1.25. The highest BCUT2D eigenvalue weighted by Crippen LogP contribution is 2.47. The summed E-state index contributed by atoms with van der Waals surface area (Å²) in [5.41, 5.74) is 6.56. The Kier molecular flexibility index (Phi) is 4.26. The third-order valence-corrected chi connectivity index (χ3v) is 4.10. The molecule has 1 aromatic heterocycles. The van der Waals surface area contributed by atoms with E-state index in [2.05, 4.69) is 15.3 Å². The van der Waals surface area contributed by atoms with Crippen LogP contribution in [0.5, 0.6) is 0 Å². The van der Waals surface area contributed by atoms with Crippen LogP contribution in [0.3, 0.4) is 0 Å². The van der Waals surface area contributed by atoms with E-state index in [9.17, 15) is 14.4 Å². The van der Waals surface area contributed by atoms with Gasteiger partial charge in [0.05, 0.1) is 17.6 Å². The number of hydrogen-bond acceptors (Lipinski definition) is 4. The van der Waals surface area contributed by atoms with Crippen LogP contribution in [0.25, 0.3) is 5.57 Å². The van der Waals surface area contributed by atoms with Crippen molar-refractivity contribution in [2.24, 2.45) is 11.7 Å². The number of aromatic nitrogens is 2. The minimum Gasteiger partial charge on any atom is -0.368 e. The van der Waals surface area contributed by atoms with E-state index in [1.165, 1.54) is 12.5 Å². The van der Waals surface area contributed by atoms with Gasteiger partial charge in [0.15, 0.2) is 0 Å². The van der Waals surface area contributed by atoms with Crippen LogP contribution in [0.1, 0.15) is 23.6 Å². The first-order valence-electron chi connectivity index (χ1n) is 7.50. The molecule has 0 saturated heterocycles. The van der Waals surface area contributed by atoms with E-state index in [0.29, 0.717) is 6.42 Å². The number of hydrogen-bond donors (Lipinski definition) is 3. The number of H-pyrrole nitrogens is 1. The first-order chi connectivity index (χ1) is 11.6. The number of nitrogens with two attached hydrogens (primary N) is 1. The zero-order valence-corrected chi connectivity index (χ0v) is 12.7. The summed E-state index contributed by atoms with van der Waals surface area (Å²) in [6.07, 6.45) is 3.50. The van der Waals surface area contributed by atoms with E-state index in [-0.39, 0.29) is 29.0 Å². The van der Waals surface area contributed by atoms with E-state index in [4.69, 9.17) is 5.73 Å². The Labute approximate surface area is 138 Å². The number of aromatic amines is 1. The van der Waals surface area contributed by atoms with Gasteiger partial charge in [0.1, 0.15) is 12.0 Å². The number of nitrogens with zero attached hydrogens (tertiary/aromatic N) is 1. The fraction of sp³-hybridized carbons (Fsp3) is 0.235. The number of carbonyl (C=O) groups is 2. The van der Waals surface area contributed by atoms with Gasteiger partial charge in [-0.3, -0.25) is 9.59 Å². The second-order valence-corrected chi connectivity index (χ2v) is 5.67. The lowest BCUT2D eigenvalue weighted by atomic mass is 10.0. The Morgan fingerprint density at radius 2 is 2.08 bits per heavy atom. The van der Waals surface area contributed by atoms with Crippen LogP contribution in [0.2, 0.25) is 0 Å². The molecule has 2 amide bonds. The number of amides is 2. The van der Waals surface area contributed by atoms with Crippen molar-refractivity contribution in [2.45, 2.75) is 18.4 Å². The lowest BCUT2D eigenvalue weighted by Crippen LogP contribution is -2.46. The van der Waals surface area contributed by atoms with E-state index in [1.54, 1.807) is 5.94 Å². The fourth-order valence-corrected chi connectivity index (χ4v) is 2.75. The lowest BCUT2D eigenvalue weighted by Gasteiger charge is -2.15. The predicted molar refractivity (Wildman–Crippen MR) is 86.1 cm³/mol. The standard InChI is InChI=1S/C17H16N4O3/c18-16(23)15(13(8-22)14-7-19-9-20-14)21-17(24)12-6-11(12)10-4-2-1-3-5-10/h1-5,7,9,11-12,15H,6H2,(H2,18,23)(H,19,20)(H,21,24)/t11?,12?,15-/m0/s1. The largest absolute Gasteiger partial charge is 0.368 e. The normalized spacial score (nSPS) is 19.8. The molecular weight excluding hydrogens is 308 g/mol. The highest BCUT2D eigenvalue weighted by Gasteiger charge is 2.45. The molecule has 1 aliphatic rings. The second kappa shape index (κ2) is 6.52. The van der Waals surface area contributed by atoms with Crippen LogP contribution in [0, 0.1) is 5.92 Å². The highest BCUT2D eigenvalue weighted by atomic mass is 16.2. The summed E-state index contributed by atoms with van der Waals surface area (Å²) in [5.74, 6) is 0.405. The van der Waals surface area contributed by atoms with Gasteiger partial charge in [-0.25, -0.2) is 9.78 Å². The van der Waals surface area contributed by atoms with Crippen molar-refractivity contribution in [1.82, 2.24) is 15.3 Å². The highest BCUT2D eigenvalue weighted by molar-refractivity contribution is 6.05. The van der Waals surface area contributed by atoms with Gasteiger partial charge < -0.3 is 16.0 Å². The molecule has 7 nitrogen and oxygen atoms in total. The van der Waals surface area contributed by atoms with Crippen LogP contribution >= 0.6 is 0 Å². The zero-order chi connectivity index (χ0) is 17.1. The van der Waals surface area contributed by atoms with Gasteiger partial charge in [0.25, 0.3) is 0 Å². The molecular formula is C17H16N4O3. The third kappa shape index (κ3) is 3.11. The minimum absolute atomic E-state index is 0.0889. The molecule has 1 saturated carbocycles. The van der Waals surface area contributed by atoms with Crippen molar-refractivity contribution in [3.63, 3.8) is 0 Å². The number of carbonyl (C=O) groups excluding carboxylic acids is 3. The summed E-state index contributed by atoms with van der Waals surface area (Å²) in [5, 5.41) is 2.55. The number of nitrogens with one attached hydrogen (secondary N) is 2. The Hall–Kier alpha value is -3.18. The van der Waals surface area contributed by atoms with Crippen LogP contribution in [0.4, 0.5) is 0 Å². The van der Waals surface area contributed by atoms with Crippen LogP contribution in [-0.2, 0) is 14.4 Å². The molecule has 1 fully saturated rings. The molecule has 122 valence electrons. The average molecular weight is 324 g/mol. The summed E-state index contributed by atoms with van der Waals surface area (Å²) in [6.45, 7) is 0. The molecule has 0 spiro atoms. The fourth-order valence-electron chi connectivity index (χ4n) is 2.75. The van der Waals surface area contributed by atoms with Crippen molar-refractivity contribution >= 4 is 23.3 Å². The summed E-state index contributed by atoms with van der Waals surface area (Å²) in [6, 6.07) is 8.41. The monoisotopic (exact) mass is 324 g/mol. The van der Waals surface area contributed by atoms with Crippen molar-refractivity contribution in [3.8, 4) is 0 Å². The molecule has 24 heavy (non-hydrogen) atoms. The summed E-state index contributed by atoms with van der Waals surface area (Å²) < 4.78 is 0. The molecule has 1 aromatic carbocycles. The maximum absolute atomic E-state index is 12.4. The maximum atomic E-state index is 12.4. The summed E-state index contributed by atoms with van der Waals surface area (Å²) in [4.78, 5) is 41.9. The van der Waals surface area contributed by atoms with Gasteiger partial charge in [-0.15, -0.1) is 0 Å². The SMILES string of the molecule is NC(=O)[C@@H](NC(=O)C1CC1c1ccccc1)C(=C=O)c1c[nH]cn1. The van der Waals surface area contributed by atoms with Gasteiger partial charge in [-0.2, -0.15) is 0 Å². The number of benzene rings is 1. The number of rotatable bonds is 6. The van der Waals surface area contributed by atoms with Gasteiger partial charge in [-0.1, -0.05) is 30.3 Å². The molecule has 1 aliphatic carbocycles. The van der Waals surface area contributed by atoms with Gasteiger partial charge in [0, 0.05) is 12.1 Å². The van der Waals surface area contributed by atoms with E-state index in [0.717, 1.165) is 5.56 Å². The second-order valence-electron chi connectivity index (χ2n) is 5.67. The Bertz CT molecular complexity index is 795. The van der Waals surface area contributed by atoms with Crippen LogP contribution in [-0.4, -0.2) is 33.8 Å². The molecule has 3 atom stereocenters. The summed E-state index contributed by atoms with van der Waals surface area (Å²) >= 11 is 0. The first-order valence-corrected chi connectivity index (χ1v) is 7.50. The molecule has 0 bridgehead atoms. The van der Waals surface area contributed by atoms with Gasteiger partial charge in [-0.05, 0) is 17.9 Å². The Morgan fingerprint density at radius 1 is 1.33 bits per heavy atom. The van der Waals surface area contributed by atoms with Gasteiger partial charge >= 0.3 is 0 Å². The molecule has 7 heteroatoms. The average Bonchev–Trinajstić information content (AvgIpc) is 3.22. The number of imidazole rings is 1. The predicted octanol–water partition coefficient (Wildman–Crippen LogP) is 0.398. The number of primary amides is 1. The molecule has 1 heterocycles. The van der Waals surface area contributed by atoms with E-state index >= 15 is 0 Å². The first kappa shape index (κ1) is 15.7. The van der Waals surface area contributed by atoms with Crippen LogP contribution in [0.15, 0.2) is 42.9 Å². The van der Waals surface area contributed by atoms with Crippen molar-refractivity contribution in [1.29, 1.82) is 0 Å². The molecule has 2 unspecified atom stereocenters. The van der Waals surface area contributed by atoms with E-state index < -0.39 is 11.9 Å². The lowest BCUT2D eigenvalue weighted by molar-refractivity contribution is -0.127. The van der Waals surface area contributed by atoms with Crippen LogP contribution < -0.4 is 11.1 Å². The van der Waals surface area contributed by atoms with E-state index in [1.807, 2.05) is 30.3 Å². The topological polar surface area (TPSA) is 118 Å². The molecule has 2 aromatic rings. The van der Waals surface area contributed by atoms with Crippen molar-refractivity contribution < 1.29 is 14.4 Å². The molecule has 0 aliphatic heterocycles. The van der Waals surface area contributed by atoms with Crippen molar-refractivity contribution in [3.05, 3.63) is 54.1 Å². The molecule has 3 rings (SSSR count). The maximum Gasteiger partial charge on any atom is 0.245 e. The summed E-state index contributed by atoms with van der Waals surface area (Å²) in [7, 11) is 0. The zero-order valence-electron chi connectivity index (χ0n) is 12.7. The van der Waals surface area contributed by atoms with Gasteiger partial charge in [0.2, 0.25) is 11.8 Å². The quantitative estimate of drug-likeness (QED) is 0.666. The Balaban J connectivity index is 1.72. The smallest absolute Gasteiger partial charge is 0.245 e. The third-order valence-electron chi connectivity index (χ3n) is 4.10. The molecule has 4 N–H and O–H groups in total. The molecule has 0 radical (unpaired) electrons.